The second-order valence-electron chi connectivity index (χ2n) is 4.53. The Morgan fingerprint density at radius 1 is 1.05 bits per heavy atom. The van der Waals surface area contributed by atoms with Crippen molar-refractivity contribution in [3.8, 4) is 5.75 Å². The number of ether oxygens (including phenoxy) is 3. The van der Waals surface area contributed by atoms with Crippen LogP contribution in [0, 0.1) is 0 Å². The minimum atomic E-state index is -0.301. The second-order valence-corrected chi connectivity index (χ2v) is 5.39. The smallest absolute Gasteiger partial charge is 0.185 e. The highest BCUT2D eigenvalue weighted by molar-refractivity contribution is 9.10. The van der Waals surface area contributed by atoms with Gasteiger partial charge in [0, 0.05) is 10.0 Å². The lowest BCUT2D eigenvalue weighted by Crippen LogP contribution is -2.01. The predicted molar refractivity (Wildman–Crippen MR) is 79.6 cm³/mol. The largest absolute Gasteiger partial charge is 0.489 e. The molecule has 1 saturated heterocycles. The van der Waals surface area contributed by atoms with Crippen LogP contribution in [-0.4, -0.2) is 13.2 Å². The van der Waals surface area contributed by atoms with Crippen LogP contribution in [0.4, 0.5) is 0 Å². The fourth-order valence-corrected chi connectivity index (χ4v) is 2.50. The summed E-state index contributed by atoms with van der Waals surface area (Å²) in [4.78, 5) is 0. The maximum absolute atomic E-state index is 5.82. The Kier molecular flexibility index (Phi) is 4.35. The third-order valence-corrected chi connectivity index (χ3v) is 3.81. The van der Waals surface area contributed by atoms with Crippen LogP contribution in [0.2, 0.25) is 0 Å². The summed E-state index contributed by atoms with van der Waals surface area (Å²) in [5, 5.41) is 0. The van der Waals surface area contributed by atoms with Gasteiger partial charge in [0.05, 0.1) is 13.2 Å². The third kappa shape index (κ3) is 3.20. The van der Waals surface area contributed by atoms with Crippen molar-refractivity contribution in [2.24, 2.45) is 0 Å². The van der Waals surface area contributed by atoms with Gasteiger partial charge in [-0.15, -0.1) is 0 Å². The van der Waals surface area contributed by atoms with Crippen LogP contribution in [-0.2, 0) is 16.1 Å². The minimum absolute atomic E-state index is 0.301. The summed E-state index contributed by atoms with van der Waals surface area (Å²) in [6, 6.07) is 16.0. The lowest BCUT2D eigenvalue weighted by Gasteiger charge is -2.14. The Labute approximate surface area is 126 Å². The van der Waals surface area contributed by atoms with Crippen LogP contribution in [0.25, 0.3) is 0 Å². The zero-order chi connectivity index (χ0) is 13.8. The summed E-state index contributed by atoms with van der Waals surface area (Å²) in [5.41, 5.74) is 2.11. The highest BCUT2D eigenvalue weighted by Gasteiger charge is 2.21. The molecule has 2 aromatic rings. The monoisotopic (exact) mass is 334 g/mol. The van der Waals surface area contributed by atoms with Gasteiger partial charge in [-0.2, -0.15) is 0 Å². The highest BCUT2D eigenvalue weighted by atomic mass is 79.9. The number of hydrogen-bond acceptors (Lipinski definition) is 3. The average molecular weight is 335 g/mol. The molecule has 104 valence electrons. The Morgan fingerprint density at radius 3 is 2.55 bits per heavy atom. The zero-order valence-electron chi connectivity index (χ0n) is 10.9. The first-order valence-electron chi connectivity index (χ1n) is 6.52. The molecule has 0 aliphatic carbocycles. The standard InChI is InChI=1S/C16H15BrO3/c17-15-7-6-13(10-14(15)16-18-8-9-19-16)20-11-12-4-2-1-3-5-12/h1-7,10,16H,8-9,11H2. The summed E-state index contributed by atoms with van der Waals surface area (Å²) in [6.07, 6.45) is -0.301. The molecule has 0 N–H and O–H groups in total. The first kappa shape index (κ1) is 13.6. The van der Waals surface area contributed by atoms with Gasteiger partial charge >= 0.3 is 0 Å². The van der Waals surface area contributed by atoms with Crippen LogP contribution in [0.5, 0.6) is 5.75 Å². The van der Waals surface area contributed by atoms with E-state index in [9.17, 15) is 0 Å². The Balaban J connectivity index is 1.72. The van der Waals surface area contributed by atoms with Gasteiger partial charge in [-0.25, -0.2) is 0 Å². The molecule has 0 bridgehead atoms. The van der Waals surface area contributed by atoms with Crippen LogP contribution < -0.4 is 4.74 Å². The van der Waals surface area contributed by atoms with Gasteiger partial charge in [0.15, 0.2) is 6.29 Å². The molecule has 0 spiro atoms. The number of rotatable bonds is 4. The molecule has 1 heterocycles. The van der Waals surface area contributed by atoms with Crippen molar-refractivity contribution in [3.63, 3.8) is 0 Å². The first-order chi connectivity index (χ1) is 9.83. The van der Waals surface area contributed by atoms with Crippen LogP contribution in [0.1, 0.15) is 17.4 Å². The van der Waals surface area contributed by atoms with E-state index in [1.165, 1.54) is 0 Å². The molecule has 0 atom stereocenters. The van der Waals surface area contributed by atoms with E-state index in [4.69, 9.17) is 14.2 Å². The molecule has 3 nitrogen and oxygen atoms in total. The molecule has 1 aliphatic rings. The summed E-state index contributed by atoms with van der Waals surface area (Å²) < 4.78 is 17.8. The minimum Gasteiger partial charge on any atom is -0.489 e. The number of hydrogen-bond donors (Lipinski definition) is 0. The van der Waals surface area contributed by atoms with Gasteiger partial charge in [-0.1, -0.05) is 46.3 Å². The quantitative estimate of drug-likeness (QED) is 0.843. The lowest BCUT2D eigenvalue weighted by atomic mass is 10.2. The first-order valence-corrected chi connectivity index (χ1v) is 7.31. The van der Waals surface area contributed by atoms with Gasteiger partial charge in [0.25, 0.3) is 0 Å². The van der Waals surface area contributed by atoms with Gasteiger partial charge in [0.1, 0.15) is 12.4 Å². The molecule has 0 amide bonds. The van der Waals surface area contributed by atoms with Crippen LogP contribution >= 0.6 is 15.9 Å². The van der Waals surface area contributed by atoms with Crippen molar-refractivity contribution >= 4 is 15.9 Å². The van der Waals surface area contributed by atoms with E-state index in [1.54, 1.807) is 0 Å². The molecule has 4 heteroatoms. The molecule has 1 fully saturated rings. The molecule has 2 aromatic carbocycles. The molecule has 3 rings (SSSR count). The fourth-order valence-electron chi connectivity index (χ4n) is 2.07. The summed E-state index contributed by atoms with van der Waals surface area (Å²) >= 11 is 3.52. The Bertz CT molecular complexity index is 565. The maximum atomic E-state index is 5.82. The summed E-state index contributed by atoms with van der Waals surface area (Å²) in [7, 11) is 0. The van der Waals surface area contributed by atoms with E-state index in [-0.39, 0.29) is 6.29 Å². The lowest BCUT2D eigenvalue weighted by molar-refractivity contribution is -0.0447. The molecule has 0 aromatic heterocycles. The van der Waals surface area contributed by atoms with Gasteiger partial charge < -0.3 is 14.2 Å². The third-order valence-electron chi connectivity index (χ3n) is 3.09. The van der Waals surface area contributed by atoms with Crippen LogP contribution in [0.3, 0.4) is 0 Å². The van der Waals surface area contributed by atoms with E-state index >= 15 is 0 Å². The number of benzene rings is 2. The van der Waals surface area contributed by atoms with Crippen LogP contribution in [0.15, 0.2) is 53.0 Å². The molecular weight excluding hydrogens is 320 g/mol. The summed E-state index contributed by atoms with van der Waals surface area (Å²) in [6.45, 7) is 1.81. The molecule has 1 aliphatic heterocycles. The molecule has 0 unspecified atom stereocenters. The second kappa shape index (κ2) is 6.39. The van der Waals surface area contributed by atoms with E-state index < -0.39 is 0 Å². The summed E-state index contributed by atoms with van der Waals surface area (Å²) in [5.74, 6) is 0.811. The normalized spacial score (nSPS) is 15.4. The van der Waals surface area contributed by atoms with Crippen molar-refractivity contribution in [2.75, 3.05) is 13.2 Å². The topological polar surface area (TPSA) is 27.7 Å². The van der Waals surface area contributed by atoms with Crippen molar-refractivity contribution < 1.29 is 14.2 Å². The van der Waals surface area contributed by atoms with Crippen molar-refractivity contribution in [1.29, 1.82) is 0 Å². The van der Waals surface area contributed by atoms with Gasteiger partial charge in [-0.05, 0) is 23.8 Å². The SMILES string of the molecule is Brc1ccc(OCc2ccccc2)cc1C1OCCO1. The van der Waals surface area contributed by atoms with Crippen molar-refractivity contribution in [3.05, 3.63) is 64.1 Å². The molecule has 0 radical (unpaired) electrons. The molecule has 20 heavy (non-hydrogen) atoms. The van der Waals surface area contributed by atoms with E-state index in [0.717, 1.165) is 21.3 Å². The zero-order valence-corrected chi connectivity index (χ0v) is 12.5. The van der Waals surface area contributed by atoms with Gasteiger partial charge in [-0.3, -0.25) is 0 Å². The average Bonchev–Trinajstić information content (AvgIpc) is 3.01. The van der Waals surface area contributed by atoms with E-state index in [2.05, 4.69) is 15.9 Å². The number of halogens is 1. The molecular formula is C16H15BrO3. The van der Waals surface area contributed by atoms with E-state index in [0.29, 0.717) is 19.8 Å². The van der Waals surface area contributed by atoms with Crippen molar-refractivity contribution in [1.82, 2.24) is 0 Å². The maximum Gasteiger partial charge on any atom is 0.185 e. The van der Waals surface area contributed by atoms with Gasteiger partial charge in [0.2, 0.25) is 0 Å². The predicted octanol–water partition coefficient (Wildman–Crippen LogP) is 4.07. The fraction of sp³-hybridized carbons (Fsp3) is 0.250. The Hall–Kier alpha value is -1.36. The Morgan fingerprint density at radius 2 is 1.80 bits per heavy atom. The van der Waals surface area contributed by atoms with E-state index in [1.807, 2.05) is 48.5 Å². The van der Waals surface area contributed by atoms with Crippen molar-refractivity contribution in [2.45, 2.75) is 12.9 Å². The molecule has 0 saturated carbocycles. The highest BCUT2D eigenvalue weighted by Crippen LogP contribution is 2.32.